The van der Waals surface area contributed by atoms with Gasteiger partial charge in [-0.15, -0.1) is 0 Å². The summed E-state index contributed by atoms with van der Waals surface area (Å²) in [5.41, 5.74) is 2.22. The predicted molar refractivity (Wildman–Crippen MR) is 67.9 cm³/mol. The number of benzene rings is 1. The second-order valence-corrected chi connectivity index (χ2v) is 4.18. The van der Waals surface area contributed by atoms with Gasteiger partial charge in [-0.1, -0.05) is 36.4 Å². The number of pyridine rings is 1. The number of aromatic nitrogens is 1. The van der Waals surface area contributed by atoms with Crippen LogP contribution in [0.3, 0.4) is 0 Å². The van der Waals surface area contributed by atoms with Crippen molar-refractivity contribution in [2.24, 2.45) is 0 Å². The van der Waals surface area contributed by atoms with Gasteiger partial charge in [0.05, 0.1) is 0 Å². The van der Waals surface area contributed by atoms with Crippen molar-refractivity contribution in [3.05, 3.63) is 71.1 Å². The van der Waals surface area contributed by atoms with Gasteiger partial charge in [-0.2, -0.15) is 0 Å². The number of hydrogen-bond donors (Lipinski definition) is 1. The Bertz CT molecular complexity index is 632. The van der Waals surface area contributed by atoms with E-state index in [0.717, 1.165) is 5.56 Å². The van der Waals surface area contributed by atoms with Gasteiger partial charge in [-0.05, 0) is 17.7 Å². The highest BCUT2D eigenvalue weighted by atomic mass is 16.3. The molecule has 1 aromatic carbocycles. The topological polar surface area (TPSA) is 50.2 Å². The van der Waals surface area contributed by atoms with E-state index in [1.165, 1.54) is 0 Å². The summed E-state index contributed by atoms with van der Waals surface area (Å²) in [6.45, 7) is 0. The zero-order valence-electron chi connectivity index (χ0n) is 9.58. The Labute approximate surface area is 104 Å². The van der Waals surface area contributed by atoms with Gasteiger partial charge in [0, 0.05) is 17.3 Å². The van der Waals surface area contributed by atoms with E-state index >= 15 is 0 Å². The first-order chi connectivity index (χ1) is 8.77. The number of rotatable bonds is 1. The molecule has 0 aliphatic heterocycles. The third kappa shape index (κ3) is 1.65. The monoisotopic (exact) mass is 237 g/mol. The fraction of sp³-hybridized carbons (Fsp3) is 0.0667. The summed E-state index contributed by atoms with van der Waals surface area (Å²) in [7, 11) is 0. The summed E-state index contributed by atoms with van der Waals surface area (Å²) in [6, 6.07) is 12.9. The van der Waals surface area contributed by atoms with Crippen LogP contribution >= 0.6 is 0 Å². The Balaban J connectivity index is 2.07. The molecule has 0 saturated heterocycles. The minimum Gasteiger partial charge on any atom is -0.383 e. The molecule has 1 N–H and O–H groups in total. The van der Waals surface area contributed by atoms with E-state index in [9.17, 15) is 9.90 Å². The fourth-order valence-corrected chi connectivity index (χ4v) is 2.13. The highest BCUT2D eigenvalue weighted by Gasteiger charge is 2.34. The average Bonchev–Trinajstić information content (AvgIpc) is 2.66. The van der Waals surface area contributed by atoms with E-state index in [2.05, 4.69) is 4.98 Å². The first kappa shape index (κ1) is 10.9. The molecule has 88 valence electrons. The van der Waals surface area contributed by atoms with Gasteiger partial charge in [-0.3, -0.25) is 9.78 Å². The molecule has 3 rings (SSSR count). The summed E-state index contributed by atoms with van der Waals surface area (Å²) in [5.74, 6) is -0.193. The highest BCUT2D eigenvalue weighted by Crippen LogP contribution is 2.35. The Morgan fingerprint density at radius 1 is 1.11 bits per heavy atom. The van der Waals surface area contributed by atoms with E-state index in [-0.39, 0.29) is 5.78 Å². The number of carbonyl (C=O) groups excluding carboxylic acids is 1. The molecule has 18 heavy (non-hydrogen) atoms. The molecule has 2 aromatic rings. The molecule has 0 fully saturated rings. The van der Waals surface area contributed by atoms with E-state index in [1.54, 1.807) is 24.4 Å². The van der Waals surface area contributed by atoms with Crippen LogP contribution in [0.25, 0.3) is 6.08 Å². The number of ketones is 1. The lowest BCUT2D eigenvalue weighted by atomic mass is 10.1. The maximum Gasteiger partial charge on any atom is 0.210 e. The second-order valence-electron chi connectivity index (χ2n) is 4.18. The van der Waals surface area contributed by atoms with Crippen molar-refractivity contribution in [1.29, 1.82) is 0 Å². The molecule has 0 radical (unpaired) electrons. The molecule has 0 amide bonds. The lowest BCUT2D eigenvalue weighted by Crippen LogP contribution is -1.99. The number of hydrogen-bond acceptors (Lipinski definition) is 3. The van der Waals surface area contributed by atoms with Crippen molar-refractivity contribution in [3.63, 3.8) is 0 Å². The van der Waals surface area contributed by atoms with Crippen LogP contribution in [0.15, 0.2) is 54.2 Å². The van der Waals surface area contributed by atoms with Gasteiger partial charge in [0.1, 0.15) is 11.8 Å². The number of nitrogens with zero attached hydrogens (tertiary/aromatic N) is 1. The molecule has 1 aromatic heterocycles. The number of Topliss-reactive ketones (excluding diaryl/α,β-unsaturated/α-hetero) is 1. The SMILES string of the molecule is O=C1/C(=C/c2ccccc2)[C@@H](O)c2cccnc21. The first-order valence-corrected chi connectivity index (χ1v) is 5.71. The van der Waals surface area contributed by atoms with E-state index in [4.69, 9.17) is 0 Å². The first-order valence-electron chi connectivity index (χ1n) is 5.71. The van der Waals surface area contributed by atoms with Crippen LogP contribution in [-0.2, 0) is 0 Å². The lowest BCUT2D eigenvalue weighted by Gasteiger charge is -2.03. The van der Waals surface area contributed by atoms with Crippen LogP contribution in [0.1, 0.15) is 27.7 Å². The smallest absolute Gasteiger partial charge is 0.210 e. The van der Waals surface area contributed by atoms with Crippen LogP contribution in [0, 0.1) is 0 Å². The van der Waals surface area contributed by atoms with E-state index in [0.29, 0.717) is 16.8 Å². The van der Waals surface area contributed by atoms with Crippen LogP contribution < -0.4 is 0 Å². The zero-order chi connectivity index (χ0) is 12.5. The number of carbonyl (C=O) groups is 1. The lowest BCUT2D eigenvalue weighted by molar-refractivity contribution is 0.101. The standard InChI is InChI=1S/C15H11NO2/c17-14-11-7-4-8-16-13(11)15(18)12(14)9-10-5-2-1-3-6-10/h1-9,14,17H/b12-9+/t14-/m0/s1. The molecule has 1 atom stereocenters. The van der Waals surface area contributed by atoms with Crippen molar-refractivity contribution in [1.82, 2.24) is 4.98 Å². The molecule has 0 bridgehead atoms. The molecular formula is C15H11NO2. The largest absolute Gasteiger partial charge is 0.383 e. The molecule has 0 spiro atoms. The Morgan fingerprint density at radius 2 is 1.89 bits per heavy atom. The molecule has 3 nitrogen and oxygen atoms in total. The molecule has 0 saturated carbocycles. The third-order valence-corrected chi connectivity index (χ3v) is 3.03. The molecule has 3 heteroatoms. The maximum atomic E-state index is 12.1. The Morgan fingerprint density at radius 3 is 2.61 bits per heavy atom. The van der Waals surface area contributed by atoms with Crippen molar-refractivity contribution in [2.45, 2.75) is 6.10 Å². The van der Waals surface area contributed by atoms with Gasteiger partial charge in [-0.25, -0.2) is 0 Å². The van der Waals surface area contributed by atoms with Gasteiger partial charge in [0.2, 0.25) is 5.78 Å². The fourth-order valence-electron chi connectivity index (χ4n) is 2.13. The number of aliphatic hydroxyl groups is 1. The van der Waals surface area contributed by atoms with Crippen LogP contribution in [-0.4, -0.2) is 15.9 Å². The minimum absolute atomic E-state index is 0.193. The van der Waals surface area contributed by atoms with Crippen molar-refractivity contribution < 1.29 is 9.90 Å². The Hall–Kier alpha value is -2.26. The van der Waals surface area contributed by atoms with Gasteiger partial charge >= 0.3 is 0 Å². The van der Waals surface area contributed by atoms with Crippen molar-refractivity contribution >= 4 is 11.9 Å². The number of aliphatic hydroxyl groups excluding tert-OH is 1. The normalized spacial score (nSPS) is 20.2. The van der Waals surface area contributed by atoms with Crippen LogP contribution in [0.4, 0.5) is 0 Å². The molecular weight excluding hydrogens is 226 g/mol. The third-order valence-electron chi connectivity index (χ3n) is 3.03. The Kier molecular flexibility index (Phi) is 2.54. The van der Waals surface area contributed by atoms with Gasteiger partial charge in [0.15, 0.2) is 0 Å². The predicted octanol–water partition coefficient (Wildman–Crippen LogP) is 2.39. The average molecular weight is 237 g/mol. The zero-order valence-corrected chi connectivity index (χ0v) is 9.58. The van der Waals surface area contributed by atoms with Gasteiger partial charge in [0.25, 0.3) is 0 Å². The molecule has 1 heterocycles. The summed E-state index contributed by atoms with van der Waals surface area (Å²) in [5, 5.41) is 10.1. The second kappa shape index (κ2) is 4.20. The van der Waals surface area contributed by atoms with Crippen molar-refractivity contribution in [3.8, 4) is 0 Å². The molecule has 0 unspecified atom stereocenters. The number of fused-ring (bicyclic) bond motifs is 1. The van der Waals surface area contributed by atoms with Crippen molar-refractivity contribution in [2.75, 3.05) is 0 Å². The molecule has 1 aliphatic rings. The van der Waals surface area contributed by atoms with E-state index < -0.39 is 6.10 Å². The van der Waals surface area contributed by atoms with Gasteiger partial charge < -0.3 is 5.11 Å². The quantitative estimate of drug-likeness (QED) is 0.775. The highest BCUT2D eigenvalue weighted by molar-refractivity contribution is 6.15. The summed E-state index contributed by atoms with van der Waals surface area (Å²) >= 11 is 0. The summed E-state index contributed by atoms with van der Waals surface area (Å²) in [4.78, 5) is 16.2. The maximum absolute atomic E-state index is 12.1. The van der Waals surface area contributed by atoms with E-state index in [1.807, 2.05) is 30.3 Å². The minimum atomic E-state index is -0.874. The molecule has 1 aliphatic carbocycles. The summed E-state index contributed by atoms with van der Waals surface area (Å²) < 4.78 is 0. The van der Waals surface area contributed by atoms with Crippen LogP contribution in [0.5, 0.6) is 0 Å². The summed E-state index contributed by atoms with van der Waals surface area (Å²) in [6.07, 6.45) is 2.41. The van der Waals surface area contributed by atoms with Crippen LogP contribution in [0.2, 0.25) is 0 Å².